The fourth-order valence-electron chi connectivity index (χ4n) is 2.41. The van der Waals surface area contributed by atoms with Crippen LogP contribution < -0.4 is 10.1 Å². The first-order valence-electron chi connectivity index (χ1n) is 5.79. The van der Waals surface area contributed by atoms with Crippen LogP contribution in [0, 0.1) is 5.92 Å². The van der Waals surface area contributed by atoms with Crippen LogP contribution >= 0.6 is 0 Å². The topological polar surface area (TPSA) is 55.4 Å². The molecule has 1 aromatic rings. The number of ether oxygens (including phenoxy) is 1. The smallest absolute Gasteiger partial charge is 0.151 e. The maximum absolute atomic E-state index is 11.0. The van der Waals surface area contributed by atoms with Gasteiger partial charge in [0.1, 0.15) is 5.75 Å². The third-order valence-corrected chi connectivity index (χ3v) is 5.26. The van der Waals surface area contributed by atoms with E-state index in [0.717, 1.165) is 18.8 Å². The molecule has 2 heterocycles. The summed E-state index contributed by atoms with van der Waals surface area (Å²) >= 11 is 0. The molecule has 0 amide bonds. The zero-order valence-electron chi connectivity index (χ0n) is 9.48. The van der Waals surface area contributed by atoms with Gasteiger partial charge in [0, 0.05) is 24.6 Å². The second-order valence-corrected chi connectivity index (χ2v) is 6.91. The van der Waals surface area contributed by atoms with Gasteiger partial charge in [-0.05, 0) is 11.6 Å². The number of sulfone groups is 1. The van der Waals surface area contributed by atoms with Crippen molar-refractivity contribution in [3.05, 3.63) is 29.3 Å². The molecular weight excluding hydrogens is 238 g/mol. The molecule has 0 saturated carbocycles. The van der Waals surface area contributed by atoms with Gasteiger partial charge in [0.25, 0.3) is 0 Å². The molecule has 4 nitrogen and oxygen atoms in total. The zero-order valence-corrected chi connectivity index (χ0v) is 10.3. The molecule has 2 aliphatic rings. The van der Waals surface area contributed by atoms with Crippen molar-refractivity contribution in [2.24, 2.45) is 5.92 Å². The Morgan fingerprint density at radius 3 is 2.88 bits per heavy atom. The minimum Gasteiger partial charge on any atom is -0.493 e. The molecule has 1 fully saturated rings. The van der Waals surface area contributed by atoms with Crippen LogP contribution in [-0.4, -0.2) is 26.5 Å². The molecule has 1 saturated heterocycles. The fraction of sp³-hybridized carbons (Fsp3) is 0.500. The molecule has 5 heteroatoms. The summed E-state index contributed by atoms with van der Waals surface area (Å²) in [7, 11) is -2.74. The zero-order chi connectivity index (χ0) is 11.9. The van der Waals surface area contributed by atoms with E-state index >= 15 is 0 Å². The van der Waals surface area contributed by atoms with Gasteiger partial charge in [0.2, 0.25) is 0 Å². The van der Waals surface area contributed by atoms with Crippen LogP contribution in [0.3, 0.4) is 0 Å². The Morgan fingerprint density at radius 1 is 1.29 bits per heavy atom. The van der Waals surface area contributed by atoms with Gasteiger partial charge in [-0.3, -0.25) is 0 Å². The summed E-state index contributed by atoms with van der Waals surface area (Å²) in [5.41, 5.74) is 2.50. The molecule has 3 rings (SSSR count). The normalized spacial score (nSPS) is 21.9. The molecule has 0 spiro atoms. The highest BCUT2D eigenvalue weighted by Gasteiger charge is 2.33. The van der Waals surface area contributed by atoms with Gasteiger partial charge in [-0.15, -0.1) is 0 Å². The Morgan fingerprint density at radius 2 is 2.12 bits per heavy atom. The SMILES string of the molecule is O=S1(=O)CC(COc2cccc3c2CNC3)C1. The Kier molecular flexibility index (Phi) is 2.60. The third kappa shape index (κ3) is 2.17. The number of hydrogen-bond donors (Lipinski definition) is 1. The summed E-state index contributed by atoms with van der Waals surface area (Å²) in [6, 6.07) is 6.04. The number of hydrogen-bond acceptors (Lipinski definition) is 4. The van der Waals surface area contributed by atoms with Crippen molar-refractivity contribution >= 4 is 9.84 Å². The molecule has 17 heavy (non-hydrogen) atoms. The molecule has 0 unspecified atom stereocenters. The van der Waals surface area contributed by atoms with Gasteiger partial charge in [0.15, 0.2) is 9.84 Å². The molecular formula is C12H15NO3S. The van der Waals surface area contributed by atoms with Crippen LogP contribution in [-0.2, 0) is 22.9 Å². The van der Waals surface area contributed by atoms with E-state index in [0.29, 0.717) is 6.61 Å². The minimum absolute atomic E-state index is 0.171. The largest absolute Gasteiger partial charge is 0.493 e. The van der Waals surface area contributed by atoms with Crippen molar-refractivity contribution in [3.63, 3.8) is 0 Å². The Hall–Kier alpha value is -1.07. The van der Waals surface area contributed by atoms with E-state index in [2.05, 4.69) is 11.4 Å². The summed E-state index contributed by atoms with van der Waals surface area (Å²) in [6.45, 7) is 2.24. The van der Waals surface area contributed by atoms with Crippen LogP contribution in [0.15, 0.2) is 18.2 Å². The Balaban J connectivity index is 1.65. The number of nitrogens with one attached hydrogen (secondary N) is 1. The molecule has 0 aliphatic carbocycles. The van der Waals surface area contributed by atoms with Crippen molar-refractivity contribution in [2.75, 3.05) is 18.1 Å². The number of fused-ring (bicyclic) bond motifs is 1. The van der Waals surface area contributed by atoms with Gasteiger partial charge < -0.3 is 10.1 Å². The van der Waals surface area contributed by atoms with Crippen LogP contribution in [0.25, 0.3) is 0 Å². The lowest BCUT2D eigenvalue weighted by molar-refractivity contribution is 0.261. The van der Waals surface area contributed by atoms with E-state index in [9.17, 15) is 8.42 Å². The Bertz CT molecular complexity index is 527. The predicted molar refractivity (Wildman–Crippen MR) is 64.6 cm³/mol. The van der Waals surface area contributed by atoms with E-state index in [1.807, 2.05) is 12.1 Å². The van der Waals surface area contributed by atoms with Crippen LogP contribution in [0.1, 0.15) is 11.1 Å². The third-order valence-electron chi connectivity index (χ3n) is 3.30. The van der Waals surface area contributed by atoms with E-state index in [1.54, 1.807) is 0 Å². The van der Waals surface area contributed by atoms with E-state index in [4.69, 9.17) is 4.74 Å². The van der Waals surface area contributed by atoms with Crippen molar-refractivity contribution in [1.29, 1.82) is 0 Å². The van der Waals surface area contributed by atoms with Gasteiger partial charge in [0.05, 0.1) is 18.1 Å². The minimum atomic E-state index is -2.74. The molecule has 0 radical (unpaired) electrons. The maximum Gasteiger partial charge on any atom is 0.151 e. The van der Waals surface area contributed by atoms with Gasteiger partial charge in [-0.1, -0.05) is 12.1 Å². The summed E-state index contributed by atoms with van der Waals surface area (Å²) in [5.74, 6) is 1.63. The van der Waals surface area contributed by atoms with Crippen molar-refractivity contribution in [1.82, 2.24) is 5.32 Å². The van der Waals surface area contributed by atoms with E-state index < -0.39 is 9.84 Å². The molecule has 0 aromatic heterocycles. The Labute approximate surface area is 101 Å². The monoisotopic (exact) mass is 253 g/mol. The molecule has 1 aromatic carbocycles. The van der Waals surface area contributed by atoms with E-state index in [1.165, 1.54) is 11.1 Å². The highest BCUT2D eigenvalue weighted by atomic mass is 32.2. The average Bonchev–Trinajstić information content (AvgIpc) is 2.71. The summed E-state index contributed by atoms with van der Waals surface area (Å²) in [6.07, 6.45) is 0. The van der Waals surface area contributed by atoms with Crippen LogP contribution in [0.2, 0.25) is 0 Å². The summed E-state index contributed by atoms with van der Waals surface area (Å²) < 4.78 is 27.8. The van der Waals surface area contributed by atoms with Crippen LogP contribution in [0.4, 0.5) is 0 Å². The highest BCUT2D eigenvalue weighted by Crippen LogP contribution is 2.27. The highest BCUT2D eigenvalue weighted by molar-refractivity contribution is 7.92. The lowest BCUT2D eigenvalue weighted by Gasteiger charge is -2.25. The first-order valence-corrected chi connectivity index (χ1v) is 7.61. The van der Waals surface area contributed by atoms with Gasteiger partial charge in [-0.2, -0.15) is 0 Å². The second kappa shape index (κ2) is 3.99. The molecule has 92 valence electrons. The molecule has 2 aliphatic heterocycles. The molecule has 0 bridgehead atoms. The maximum atomic E-state index is 11.0. The van der Waals surface area contributed by atoms with Crippen molar-refractivity contribution in [2.45, 2.75) is 13.1 Å². The lowest BCUT2D eigenvalue weighted by Crippen LogP contribution is -2.39. The van der Waals surface area contributed by atoms with Crippen molar-refractivity contribution in [3.8, 4) is 5.75 Å². The summed E-state index contributed by atoms with van der Waals surface area (Å²) in [4.78, 5) is 0. The first kappa shape index (κ1) is 11.0. The standard InChI is InChI=1S/C12H15NO3S/c14-17(15)7-9(8-17)6-16-12-3-1-2-10-4-13-5-11(10)12/h1-3,9,13H,4-8H2. The molecule has 1 N–H and O–H groups in total. The van der Waals surface area contributed by atoms with E-state index in [-0.39, 0.29) is 17.4 Å². The quantitative estimate of drug-likeness (QED) is 0.862. The second-order valence-electron chi connectivity index (χ2n) is 4.75. The van der Waals surface area contributed by atoms with Crippen molar-refractivity contribution < 1.29 is 13.2 Å². The first-order chi connectivity index (χ1) is 8.14. The predicted octanol–water partition coefficient (Wildman–Crippen LogP) is 0.713. The number of rotatable bonds is 3. The number of benzene rings is 1. The summed E-state index contributed by atoms with van der Waals surface area (Å²) in [5, 5.41) is 3.28. The molecule has 0 atom stereocenters. The van der Waals surface area contributed by atoms with Gasteiger partial charge >= 0.3 is 0 Å². The average molecular weight is 253 g/mol. The fourth-order valence-corrected chi connectivity index (χ4v) is 3.94. The van der Waals surface area contributed by atoms with Gasteiger partial charge in [-0.25, -0.2) is 8.42 Å². The van der Waals surface area contributed by atoms with Crippen LogP contribution in [0.5, 0.6) is 5.75 Å². The lowest BCUT2D eigenvalue weighted by atomic mass is 10.1.